The van der Waals surface area contributed by atoms with Gasteiger partial charge in [0.1, 0.15) is 17.1 Å². The normalized spacial score (nSPS) is 12.3. The summed E-state index contributed by atoms with van der Waals surface area (Å²) in [4.78, 5) is 24.6. The van der Waals surface area contributed by atoms with Crippen molar-refractivity contribution < 1.29 is 9.32 Å². The first kappa shape index (κ1) is 19.6. The van der Waals surface area contributed by atoms with Gasteiger partial charge in [-0.25, -0.2) is 9.97 Å². The van der Waals surface area contributed by atoms with Crippen molar-refractivity contribution in [1.82, 2.24) is 20.1 Å². The van der Waals surface area contributed by atoms with Crippen LogP contribution in [0.1, 0.15) is 60.1 Å². The molecule has 4 aromatic rings. The number of carbonyl (C=O) groups is 1. The molecule has 0 unspecified atom stereocenters. The van der Waals surface area contributed by atoms with Crippen LogP contribution in [0.15, 0.2) is 47.2 Å². The molecule has 8 nitrogen and oxygen atoms in total. The fourth-order valence-electron chi connectivity index (χ4n) is 3.14. The van der Waals surface area contributed by atoms with Gasteiger partial charge < -0.3 is 20.1 Å². The Labute approximate surface area is 174 Å². The summed E-state index contributed by atoms with van der Waals surface area (Å²) in [6.07, 6.45) is 3.60. The molecule has 0 bridgehead atoms. The smallest absolute Gasteiger partial charge is 0.277 e. The van der Waals surface area contributed by atoms with Crippen molar-refractivity contribution in [2.45, 2.75) is 39.7 Å². The number of hydrogen-bond donors (Lipinski definition) is 3. The Kier molecular flexibility index (Phi) is 5.22. The summed E-state index contributed by atoms with van der Waals surface area (Å²) in [6, 6.07) is 9.29. The van der Waals surface area contributed by atoms with E-state index in [1.807, 2.05) is 58.2 Å². The molecule has 30 heavy (non-hydrogen) atoms. The van der Waals surface area contributed by atoms with Crippen molar-refractivity contribution in [3.8, 4) is 0 Å². The molecule has 0 saturated carbocycles. The molecule has 3 heterocycles. The monoisotopic (exact) mass is 404 g/mol. The lowest BCUT2D eigenvalue weighted by Crippen LogP contribution is -2.13. The predicted octanol–water partition coefficient (Wildman–Crippen LogP) is 4.80. The summed E-state index contributed by atoms with van der Waals surface area (Å²) in [5.74, 6) is 1.24. The highest BCUT2D eigenvalue weighted by Gasteiger charge is 2.15. The van der Waals surface area contributed by atoms with Gasteiger partial charge in [-0.2, -0.15) is 0 Å². The number of nitrogens with one attached hydrogen (secondary N) is 3. The quantitative estimate of drug-likeness (QED) is 0.426. The van der Waals surface area contributed by atoms with Gasteiger partial charge in [-0.15, -0.1) is 0 Å². The maximum Gasteiger partial charge on any atom is 0.277 e. The van der Waals surface area contributed by atoms with Gasteiger partial charge in [-0.3, -0.25) is 4.79 Å². The Morgan fingerprint density at radius 1 is 1.20 bits per heavy atom. The molecule has 0 aliphatic heterocycles. The van der Waals surface area contributed by atoms with Gasteiger partial charge in [-0.1, -0.05) is 31.1 Å². The fourth-order valence-corrected chi connectivity index (χ4v) is 3.14. The van der Waals surface area contributed by atoms with Gasteiger partial charge in [0.2, 0.25) is 0 Å². The molecule has 0 fully saturated rings. The number of carbonyl (C=O) groups excluding carboxylic acids is 1. The molecule has 1 aromatic carbocycles. The summed E-state index contributed by atoms with van der Waals surface area (Å²) >= 11 is 0. The topological polar surface area (TPSA) is 109 Å². The first-order valence-corrected chi connectivity index (χ1v) is 9.86. The Hall–Kier alpha value is -3.68. The molecular weight excluding hydrogens is 380 g/mol. The number of H-pyrrole nitrogens is 1. The average molecular weight is 404 g/mol. The van der Waals surface area contributed by atoms with Crippen LogP contribution >= 0.6 is 0 Å². The van der Waals surface area contributed by atoms with Crippen LogP contribution in [0.25, 0.3) is 11.2 Å². The molecule has 1 amide bonds. The SMILES string of the molecule is Cc1c[nH]c2ncc(N[C@@H](C)c3cccc(NC(=O)c4cc(C(C)C)on4)c3)nc12. The van der Waals surface area contributed by atoms with Crippen LogP contribution in [-0.2, 0) is 0 Å². The second-order valence-electron chi connectivity index (χ2n) is 7.64. The number of anilines is 2. The maximum absolute atomic E-state index is 12.5. The molecule has 4 rings (SSSR count). The zero-order valence-corrected chi connectivity index (χ0v) is 17.4. The molecule has 154 valence electrons. The van der Waals surface area contributed by atoms with Gasteiger partial charge in [0.15, 0.2) is 11.3 Å². The lowest BCUT2D eigenvalue weighted by Gasteiger charge is -2.16. The molecule has 1 atom stereocenters. The lowest BCUT2D eigenvalue weighted by molar-refractivity contribution is 0.101. The standard InChI is InChI=1S/C22H24N6O2/c1-12(2)18-9-17(28-30-18)22(29)26-16-7-5-6-15(8-16)14(4)25-19-11-24-21-20(27-19)13(3)10-23-21/h5-12,14H,1-4H3,(H,23,24)(H,25,27)(H,26,29)/t14-/m0/s1. The van der Waals surface area contributed by atoms with E-state index >= 15 is 0 Å². The predicted molar refractivity (Wildman–Crippen MR) is 116 cm³/mol. The number of amides is 1. The summed E-state index contributed by atoms with van der Waals surface area (Å²) in [5.41, 5.74) is 4.62. The van der Waals surface area contributed by atoms with Gasteiger partial charge >= 0.3 is 0 Å². The molecule has 3 N–H and O–H groups in total. The number of benzene rings is 1. The number of fused-ring (bicyclic) bond motifs is 1. The first-order valence-electron chi connectivity index (χ1n) is 9.86. The van der Waals surface area contributed by atoms with E-state index in [2.05, 4.69) is 30.7 Å². The molecule has 3 aromatic heterocycles. The number of rotatable bonds is 6. The summed E-state index contributed by atoms with van der Waals surface area (Å²) < 4.78 is 5.21. The molecular formula is C22H24N6O2. The van der Waals surface area contributed by atoms with Crippen molar-refractivity contribution >= 4 is 28.6 Å². The minimum Gasteiger partial charge on any atom is -0.362 e. The van der Waals surface area contributed by atoms with Crippen LogP contribution in [-0.4, -0.2) is 26.0 Å². The number of nitrogens with zero attached hydrogens (tertiary/aromatic N) is 3. The van der Waals surface area contributed by atoms with Gasteiger partial charge in [0.25, 0.3) is 5.91 Å². The highest BCUT2D eigenvalue weighted by molar-refractivity contribution is 6.02. The number of aromatic amines is 1. The van der Waals surface area contributed by atoms with Crippen LogP contribution < -0.4 is 10.6 Å². The van der Waals surface area contributed by atoms with Crippen molar-refractivity contribution in [3.63, 3.8) is 0 Å². The van der Waals surface area contributed by atoms with Crippen molar-refractivity contribution in [3.05, 3.63) is 65.3 Å². The fraction of sp³-hybridized carbons (Fsp3) is 0.273. The van der Waals surface area contributed by atoms with E-state index in [-0.39, 0.29) is 23.6 Å². The van der Waals surface area contributed by atoms with E-state index in [0.717, 1.165) is 22.3 Å². The number of hydrogen-bond acceptors (Lipinski definition) is 6. The zero-order chi connectivity index (χ0) is 21.3. The van der Waals surface area contributed by atoms with Crippen molar-refractivity contribution in [1.29, 1.82) is 0 Å². The molecule has 8 heteroatoms. The third kappa shape index (κ3) is 4.03. The second kappa shape index (κ2) is 7.98. The minimum atomic E-state index is -0.303. The molecule has 0 saturated heterocycles. The summed E-state index contributed by atoms with van der Waals surface area (Å²) in [5, 5.41) is 10.1. The molecule has 0 spiro atoms. The van der Waals surface area contributed by atoms with Gasteiger partial charge in [0.05, 0.1) is 12.2 Å². The minimum absolute atomic E-state index is 0.0348. The second-order valence-corrected chi connectivity index (χ2v) is 7.64. The first-order chi connectivity index (χ1) is 14.4. The van der Waals surface area contributed by atoms with E-state index in [0.29, 0.717) is 17.3 Å². The van der Waals surface area contributed by atoms with Crippen LogP contribution in [0.4, 0.5) is 11.5 Å². The number of aromatic nitrogens is 4. The maximum atomic E-state index is 12.5. The highest BCUT2D eigenvalue weighted by atomic mass is 16.5. The van der Waals surface area contributed by atoms with E-state index < -0.39 is 0 Å². The lowest BCUT2D eigenvalue weighted by atomic mass is 10.1. The van der Waals surface area contributed by atoms with Crippen LogP contribution in [0.5, 0.6) is 0 Å². The largest absolute Gasteiger partial charge is 0.362 e. The van der Waals surface area contributed by atoms with E-state index in [4.69, 9.17) is 4.52 Å². The molecule has 0 radical (unpaired) electrons. The molecule has 0 aliphatic carbocycles. The van der Waals surface area contributed by atoms with E-state index in [1.165, 1.54) is 0 Å². The van der Waals surface area contributed by atoms with Gasteiger partial charge in [-0.05, 0) is 37.1 Å². The Balaban J connectivity index is 1.47. The third-order valence-electron chi connectivity index (χ3n) is 4.91. The molecule has 0 aliphatic rings. The highest BCUT2D eigenvalue weighted by Crippen LogP contribution is 2.23. The third-order valence-corrected chi connectivity index (χ3v) is 4.91. The average Bonchev–Trinajstić information content (AvgIpc) is 3.36. The van der Waals surface area contributed by atoms with Crippen molar-refractivity contribution in [2.75, 3.05) is 10.6 Å². The Morgan fingerprint density at radius 2 is 2.03 bits per heavy atom. The number of aryl methyl sites for hydroxylation is 1. The summed E-state index contributed by atoms with van der Waals surface area (Å²) in [7, 11) is 0. The van der Waals surface area contributed by atoms with Crippen LogP contribution in [0.2, 0.25) is 0 Å². The van der Waals surface area contributed by atoms with Crippen molar-refractivity contribution in [2.24, 2.45) is 0 Å². The van der Waals surface area contributed by atoms with E-state index in [9.17, 15) is 4.79 Å². The van der Waals surface area contributed by atoms with Gasteiger partial charge in [0, 0.05) is 23.9 Å². The Bertz CT molecular complexity index is 1190. The zero-order valence-electron chi connectivity index (χ0n) is 17.4. The summed E-state index contributed by atoms with van der Waals surface area (Å²) in [6.45, 7) is 7.99. The van der Waals surface area contributed by atoms with Crippen LogP contribution in [0.3, 0.4) is 0 Å². The van der Waals surface area contributed by atoms with E-state index in [1.54, 1.807) is 12.3 Å². The Morgan fingerprint density at radius 3 is 2.80 bits per heavy atom. The van der Waals surface area contributed by atoms with Crippen LogP contribution in [0, 0.1) is 6.92 Å².